The first-order valence-electron chi connectivity index (χ1n) is 16.6. The number of nitrogens with zero attached hydrogens (tertiary/aromatic N) is 6. The van der Waals surface area contributed by atoms with E-state index in [-0.39, 0.29) is 0 Å². The average molecular weight is 623 g/mol. The number of nitrogens with one attached hydrogen (secondary N) is 2. The van der Waals surface area contributed by atoms with E-state index >= 15 is 0 Å². The van der Waals surface area contributed by atoms with Crippen LogP contribution in [-0.2, 0) is 6.54 Å². The highest BCUT2D eigenvalue weighted by Crippen LogP contribution is 2.26. The first-order chi connectivity index (χ1) is 22.5. The molecule has 9 heteroatoms. The number of carbonyl (C=O) groups excluding carboxylic acids is 1. The van der Waals surface area contributed by atoms with Gasteiger partial charge in [0.2, 0.25) is 0 Å². The van der Waals surface area contributed by atoms with Gasteiger partial charge in [-0.15, -0.1) is 0 Å². The van der Waals surface area contributed by atoms with Gasteiger partial charge in [0.05, 0.1) is 22.2 Å². The molecule has 2 saturated heterocycles. The van der Waals surface area contributed by atoms with Gasteiger partial charge in [-0.1, -0.05) is 45.0 Å². The fourth-order valence-electron chi connectivity index (χ4n) is 5.54. The molecule has 46 heavy (non-hydrogen) atoms. The van der Waals surface area contributed by atoms with Crippen LogP contribution in [-0.4, -0.2) is 93.8 Å². The van der Waals surface area contributed by atoms with Crippen molar-refractivity contribution in [2.24, 2.45) is 0 Å². The topological polar surface area (TPSA) is 93.3 Å². The van der Waals surface area contributed by atoms with E-state index in [2.05, 4.69) is 84.3 Å². The molecule has 2 aromatic carbocycles. The van der Waals surface area contributed by atoms with Gasteiger partial charge < -0.3 is 20.1 Å². The minimum absolute atomic E-state index is 0.381. The standard InChI is InChI=1S/C20H22N4.C8H6N2O.C7H16N2.C2H6/c1-15-12-20(18-13-21-9-8-19(18)22-15)23-17-6-4-16(5-7-17)14-24-10-2-3-11-24;11-5-8-9-6-3-1-2-4-7(6)10-8;1-3-9-6-4-8(2)5-7-9;1-2/h4-9,12-13H,2-3,10-11,14H2,1H3,(H,22,23);1-5H,(H,9,10);3-7H2,1-2H3;1-2H3. The molecule has 2 aliphatic rings. The summed E-state index contributed by atoms with van der Waals surface area (Å²) in [6.45, 7) is 18.0. The Morgan fingerprint density at radius 3 is 2.26 bits per heavy atom. The number of imidazole rings is 1. The van der Waals surface area contributed by atoms with Crippen LogP contribution in [0, 0.1) is 6.92 Å². The largest absolute Gasteiger partial charge is 0.355 e. The number of aldehydes is 1. The Morgan fingerprint density at radius 1 is 0.870 bits per heavy atom. The minimum atomic E-state index is 0.381. The van der Waals surface area contributed by atoms with E-state index in [9.17, 15) is 4.79 Å². The van der Waals surface area contributed by atoms with Gasteiger partial charge in [-0.3, -0.25) is 19.7 Å². The van der Waals surface area contributed by atoms with E-state index in [0.717, 1.165) is 45.5 Å². The molecule has 3 aromatic heterocycles. The fraction of sp³-hybridized carbons (Fsp3) is 0.405. The average Bonchev–Trinajstić information content (AvgIpc) is 3.77. The zero-order valence-electron chi connectivity index (χ0n) is 28.2. The number of aromatic amines is 1. The predicted molar refractivity (Wildman–Crippen MR) is 191 cm³/mol. The van der Waals surface area contributed by atoms with Crippen molar-refractivity contribution in [3.8, 4) is 0 Å². The molecule has 0 radical (unpaired) electrons. The van der Waals surface area contributed by atoms with Crippen molar-refractivity contribution in [2.45, 2.75) is 47.1 Å². The maximum absolute atomic E-state index is 10.3. The van der Waals surface area contributed by atoms with E-state index in [0.29, 0.717) is 12.1 Å². The summed E-state index contributed by atoms with van der Waals surface area (Å²) in [6, 6.07) is 20.3. The predicted octanol–water partition coefficient (Wildman–Crippen LogP) is 6.93. The monoisotopic (exact) mass is 622 g/mol. The second-order valence-corrected chi connectivity index (χ2v) is 11.5. The van der Waals surface area contributed by atoms with E-state index in [1.807, 2.05) is 57.3 Å². The molecule has 2 aliphatic heterocycles. The Morgan fingerprint density at radius 2 is 1.59 bits per heavy atom. The van der Waals surface area contributed by atoms with Crippen molar-refractivity contribution >= 4 is 39.6 Å². The van der Waals surface area contributed by atoms with Crippen LogP contribution in [0.1, 0.15) is 55.5 Å². The molecule has 5 aromatic rings. The van der Waals surface area contributed by atoms with Gasteiger partial charge in [0.15, 0.2) is 12.1 Å². The lowest BCUT2D eigenvalue weighted by Crippen LogP contribution is -2.44. The molecule has 0 bridgehead atoms. The molecule has 244 valence electrons. The summed E-state index contributed by atoms with van der Waals surface area (Å²) < 4.78 is 0. The lowest BCUT2D eigenvalue weighted by atomic mass is 10.1. The van der Waals surface area contributed by atoms with Crippen LogP contribution in [0.15, 0.2) is 73.1 Å². The summed E-state index contributed by atoms with van der Waals surface area (Å²) in [7, 11) is 2.19. The molecule has 0 unspecified atom stereocenters. The van der Waals surface area contributed by atoms with Gasteiger partial charge >= 0.3 is 0 Å². The zero-order chi connectivity index (χ0) is 32.7. The van der Waals surface area contributed by atoms with E-state index < -0.39 is 0 Å². The molecular weight excluding hydrogens is 572 g/mol. The van der Waals surface area contributed by atoms with Crippen molar-refractivity contribution in [3.05, 3.63) is 90.1 Å². The molecule has 7 rings (SSSR count). The summed E-state index contributed by atoms with van der Waals surface area (Å²) in [5.74, 6) is 0.381. The van der Waals surface area contributed by atoms with E-state index in [1.54, 1.807) is 6.20 Å². The van der Waals surface area contributed by atoms with Gasteiger partial charge in [0, 0.05) is 61.9 Å². The number of hydrogen-bond acceptors (Lipinski definition) is 8. The molecule has 0 saturated carbocycles. The SMILES string of the molecule is CC.CCN1CCN(C)CC1.Cc1cc(Nc2ccc(CN3CCCC3)cc2)c2cnccc2n1.O=Cc1nc2ccccc2[nH]1. The van der Waals surface area contributed by atoms with Crippen molar-refractivity contribution in [1.82, 2.24) is 34.6 Å². The minimum Gasteiger partial charge on any atom is -0.355 e. The molecule has 0 aliphatic carbocycles. The number of anilines is 2. The second-order valence-electron chi connectivity index (χ2n) is 11.5. The lowest BCUT2D eigenvalue weighted by molar-refractivity contribution is 0.111. The van der Waals surface area contributed by atoms with Crippen LogP contribution in [0.4, 0.5) is 11.4 Å². The summed E-state index contributed by atoms with van der Waals surface area (Å²) in [6.07, 6.45) is 7.03. The zero-order valence-corrected chi connectivity index (χ0v) is 28.2. The summed E-state index contributed by atoms with van der Waals surface area (Å²) >= 11 is 0. The highest BCUT2D eigenvalue weighted by Gasteiger charge is 2.12. The lowest BCUT2D eigenvalue weighted by Gasteiger charge is -2.31. The maximum atomic E-state index is 10.3. The number of piperazine rings is 1. The van der Waals surface area contributed by atoms with Crippen LogP contribution >= 0.6 is 0 Å². The number of rotatable bonds is 6. The Balaban J connectivity index is 0.000000180. The Labute approximate surface area is 274 Å². The number of aromatic nitrogens is 4. The third-order valence-corrected chi connectivity index (χ3v) is 8.14. The van der Waals surface area contributed by atoms with Gasteiger partial charge in [0.25, 0.3) is 0 Å². The van der Waals surface area contributed by atoms with Crippen molar-refractivity contribution < 1.29 is 4.79 Å². The number of hydrogen-bond donors (Lipinski definition) is 2. The molecule has 9 nitrogen and oxygen atoms in total. The first kappa shape index (κ1) is 34.7. The fourth-order valence-corrected chi connectivity index (χ4v) is 5.54. The quantitative estimate of drug-likeness (QED) is 0.197. The summed E-state index contributed by atoms with van der Waals surface area (Å²) in [5.41, 5.74) is 7.22. The van der Waals surface area contributed by atoms with Crippen LogP contribution in [0.25, 0.3) is 21.9 Å². The number of likely N-dealkylation sites (N-methyl/N-ethyl adjacent to an activating group) is 2. The third-order valence-electron chi connectivity index (χ3n) is 8.14. The number of likely N-dealkylation sites (tertiary alicyclic amines) is 1. The first-order valence-corrected chi connectivity index (χ1v) is 16.6. The van der Waals surface area contributed by atoms with Gasteiger partial charge in [0.1, 0.15) is 0 Å². The molecule has 0 amide bonds. The van der Waals surface area contributed by atoms with E-state index in [1.165, 1.54) is 64.2 Å². The summed E-state index contributed by atoms with van der Waals surface area (Å²) in [5, 5.41) is 4.56. The van der Waals surface area contributed by atoms with Crippen LogP contribution in [0.2, 0.25) is 0 Å². The highest BCUT2D eigenvalue weighted by molar-refractivity contribution is 5.92. The molecule has 2 fully saturated rings. The van der Waals surface area contributed by atoms with E-state index in [4.69, 9.17) is 0 Å². The number of aryl methyl sites for hydroxylation is 1. The smallest absolute Gasteiger partial charge is 0.185 e. The number of pyridine rings is 2. The van der Waals surface area contributed by atoms with Crippen LogP contribution < -0.4 is 5.32 Å². The number of fused-ring (bicyclic) bond motifs is 2. The second kappa shape index (κ2) is 18.1. The van der Waals surface area contributed by atoms with Crippen molar-refractivity contribution in [3.63, 3.8) is 0 Å². The maximum Gasteiger partial charge on any atom is 0.185 e. The van der Waals surface area contributed by atoms with Gasteiger partial charge in [-0.25, -0.2) is 4.98 Å². The van der Waals surface area contributed by atoms with Crippen LogP contribution in [0.3, 0.4) is 0 Å². The molecule has 5 heterocycles. The molecule has 0 spiro atoms. The van der Waals surface area contributed by atoms with Crippen molar-refractivity contribution in [2.75, 3.05) is 58.2 Å². The number of benzene rings is 2. The van der Waals surface area contributed by atoms with Crippen molar-refractivity contribution in [1.29, 1.82) is 0 Å². The Bertz CT molecular complexity index is 1590. The molecule has 0 atom stereocenters. The summed E-state index contributed by atoms with van der Waals surface area (Å²) in [4.78, 5) is 33.3. The molecular formula is C37H50N8O. The number of H-pyrrole nitrogens is 1. The van der Waals surface area contributed by atoms with Gasteiger partial charge in [-0.2, -0.15) is 0 Å². The molecule has 2 N–H and O–H groups in total. The van der Waals surface area contributed by atoms with Crippen LogP contribution in [0.5, 0.6) is 0 Å². The normalized spacial score (nSPS) is 15.2. The third kappa shape index (κ3) is 10.2. The Kier molecular flexibility index (Phi) is 13.6. The number of carbonyl (C=O) groups is 1. The number of para-hydroxylation sites is 2. The highest BCUT2D eigenvalue weighted by atomic mass is 16.1. The van der Waals surface area contributed by atoms with Gasteiger partial charge in [-0.05, 0) is 88.4 Å². The Hall–Kier alpha value is -4.18.